The number of ether oxygens (including phenoxy) is 4. The van der Waals surface area contributed by atoms with Crippen LogP contribution in [-0.2, 0) is 65.4 Å². The van der Waals surface area contributed by atoms with E-state index >= 15 is 0 Å². The highest BCUT2D eigenvalue weighted by Gasteiger charge is 2.30. The molecule has 0 aliphatic rings. The first-order valence-electron chi connectivity index (χ1n) is 38.4. The van der Waals surface area contributed by atoms with Gasteiger partial charge in [0.05, 0.1) is 26.4 Å². The Morgan fingerprint density at radius 3 is 0.817 bits per heavy atom. The van der Waals surface area contributed by atoms with Crippen molar-refractivity contribution >= 4 is 39.5 Å². The molecule has 0 aliphatic carbocycles. The molecular formula is C74H144O17P2. The molecule has 0 spiro atoms. The third kappa shape index (κ3) is 67.0. The molecule has 0 heterocycles. The van der Waals surface area contributed by atoms with Gasteiger partial charge in [-0.15, -0.1) is 0 Å². The lowest BCUT2D eigenvalue weighted by Gasteiger charge is -2.21. The van der Waals surface area contributed by atoms with Gasteiger partial charge in [0.25, 0.3) is 0 Å². The van der Waals surface area contributed by atoms with Crippen LogP contribution >= 0.6 is 15.6 Å². The largest absolute Gasteiger partial charge is 0.472 e. The molecule has 0 saturated carbocycles. The van der Waals surface area contributed by atoms with Crippen molar-refractivity contribution < 1.29 is 80.2 Å². The third-order valence-corrected chi connectivity index (χ3v) is 19.4. The molecule has 17 nitrogen and oxygen atoms in total. The number of aliphatic hydroxyl groups is 1. The highest BCUT2D eigenvalue weighted by Crippen LogP contribution is 2.45. The minimum Gasteiger partial charge on any atom is -0.462 e. The molecule has 6 atom stereocenters. The van der Waals surface area contributed by atoms with Crippen molar-refractivity contribution in [1.29, 1.82) is 0 Å². The van der Waals surface area contributed by atoms with Crippen molar-refractivity contribution in [3.8, 4) is 0 Å². The fourth-order valence-corrected chi connectivity index (χ4v) is 12.8. The fourth-order valence-electron chi connectivity index (χ4n) is 11.2. The van der Waals surface area contributed by atoms with Gasteiger partial charge in [-0.05, 0) is 43.4 Å². The van der Waals surface area contributed by atoms with E-state index in [1.807, 2.05) is 0 Å². The molecule has 0 aromatic carbocycles. The lowest BCUT2D eigenvalue weighted by atomic mass is 9.99. The maximum absolute atomic E-state index is 13.1. The minimum absolute atomic E-state index is 0.104. The van der Waals surface area contributed by atoms with Crippen LogP contribution in [0.3, 0.4) is 0 Å². The standard InChI is InChI=1S/C74H144O17P2/c1-8-10-11-12-13-14-15-16-17-18-19-20-21-22-23-24-36-43-50-57-73(78)90-69(61-85-72(77)56-49-42-35-30-27-33-40-47-54-67(7)9-2)63-88-92(80,81)86-59-68(75)60-87-93(82,83)89-64-70(91-74(79)58-51-44-37-29-26-32-39-46-53-66(5)6)62-84-71(76)55-48-41-34-28-25-31-38-45-52-65(3)4/h65-70,75H,8-64H2,1-7H3,(H,80,81)(H,82,83)/t67?,68-,69-,70-/m1/s1. The number of hydrogen-bond donors (Lipinski definition) is 3. The van der Waals surface area contributed by atoms with Crippen LogP contribution in [0, 0.1) is 17.8 Å². The molecule has 93 heavy (non-hydrogen) atoms. The van der Waals surface area contributed by atoms with E-state index < -0.39 is 97.5 Å². The summed E-state index contributed by atoms with van der Waals surface area (Å²) in [4.78, 5) is 72.7. The van der Waals surface area contributed by atoms with Gasteiger partial charge in [-0.3, -0.25) is 37.3 Å². The number of aliphatic hydroxyl groups excluding tert-OH is 1. The Balaban J connectivity index is 5.23. The number of carbonyl (C=O) groups is 4. The average Bonchev–Trinajstić information content (AvgIpc) is 2.41. The zero-order chi connectivity index (χ0) is 68.7. The van der Waals surface area contributed by atoms with Crippen LogP contribution in [0.25, 0.3) is 0 Å². The molecule has 0 amide bonds. The van der Waals surface area contributed by atoms with E-state index in [9.17, 15) is 43.2 Å². The summed E-state index contributed by atoms with van der Waals surface area (Å²) in [7, 11) is -9.91. The average molecular weight is 1370 g/mol. The summed E-state index contributed by atoms with van der Waals surface area (Å²) >= 11 is 0. The van der Waals surface area contributed by atoms with Gasteiger partial charge in [-0.2, -0.15) is 0 Å². The zero-order valence-corrected chi connectivity index (χ0v) is 62.5. The second-order valence-corrected chi connectivity index (χ2v) is 30.8. The Morgan fingerprint density at radius 2 is 0.548 bits per heavy atom. The second-order valence-electron chi connectivity index (χ2n) is 27.9. The maximum atomic E-state index is 13.1. The van der Waals surface area contributed by atoms with Crippen LogP contribution < -0.4 is 0 Å². The van der Waals surface area contributed by atoms with Gasteiger partial charge in [0.2, 0.25) is 0 Å². The summed E-state index contributed by atoms with van der Waals surface area (Å²) in [6.45, 7) is 11.8. The molecule has 0 saturated heterocycles. The number of hydrogen-bond acceptors (Lipinski definition) is 15. The van der Waals surface area contributed by atoms with Crippen LogP contribution in [0.2, 0.25) is 0 Å². The lowest BCUT2D eigenvalue weighted by molar-refractivity contribution is -0.161. The van der Waals surface area contributed by atoms with Crippen molar-refractivity contribution in [2.75, 3.05) is 39.6 Å². The number of phosphoric acid groups is 2. The summed E-state index contributed by atoms with van der Waals surface area (Å²) in [6.07, 6.45) is 50.1. The van der Waals surface area contributed by atoms with Crippen LogP contribution in [0.4, 0.5) is 0 Å². The third-order valence-electron chi connectivity index (χ3n) is 17.5. The van der Waals surface area contributed by atoms with Gasteiger partial charge in [-0.1, -0.05) is 325 Å². The smallest absolute Gasteiger partial charge is 0.462 e. The second kappa shape index (κ2) is 64.7. The highest BCUT2D eigenvalue weighted by molar-refractivity contribution is 7.47. The molecule has 0 fully saturated rings. The highest BCUT2D eigenvalue weighted by atomic mass is 31.2. The molecule has 0 rings (SSSR count). The van der Waals surface area contributed by atoms with Crippen LogP contribution in [0.5, 0.6) is 0 Å². The van der Waals surface area contributed by atoms with Crippen molar-refractivity contribution in [2.24, 2.45) is 17.8 Å². The van der Waals surface area contributed by atoms with Crippen molar-refractivity contribution in [3.63, 3.8) is 0 Å². The van der Waals surface area contributed by atoms with E-state index in [0.717, 1.165) is 108 Å². The molecule has 19 heteroatoms. The van der Waals surface area contributed by atoms with Gasteiger partial charge in [0.15, 0.2) is 12.2 Å². The molecular weight excluding hydrogens is 1220 g/mol. The van der Waals surface area contributed by atoms with Crippen molar-refractivity contribution in [1.82, 2.24) is 0 Å². The molecule has 552 valence electrons. The minimum atomic E-state index is -4.96. The summed E-state index contributed by atoms with van der Waals surface area (Å²) < 4.78 is 68.4. The molecule has 0 bridgehead atoms. The first kappa shape index (κ1) is 91.1. The summed E-state index contributed by atoms with van der Waals surface area (Å²) in [5, 5.41) is 10.6. The van der Waals surface area contributed by atoms with E-state index in [0.29, 0.717) is 25.7 Å². The lowest BCUT2D eigenvalue weighted by Crippen LogP contribution is -2.30. The van der Waals surface area contributed by atoms with Crippen LogP contribution in [-0.4, -0.2) is 96.7 Å². The SMILES string of the molecule is CCCCCCCCCCCCCCCCCCCCCC(=O)O[C@H](COC(=O)CCCCCCCCCCC(C)CC)COP(=O)(O)OC[C@@H](O)COP(=O)(O)OC[C@@H](COC(=O)CCCCCCCCCCC(C)C)OC(=O)CCCCCCCCCCC(C)C. The van der Waals surface area contributed by atoms with E-state index in [2.05, 4.69) is 48.5 Å². The zero-order valence-electron chi connectivity index (χ0n) is 60.7. The van der Waals surface area contributed by atoms with Gasteiger partial charge < -0.3 is 33.8 Å². The number of rotatable bonds is 72. The Bertz CT molecular complexity index is 1820. The van der Waals surface area contributed by atoms with Gasteiger partial charge >= 0.3 is 39.5 Å². The number of esters is 4. The quantitative estimate of drug-likeness (QED) is 0.0222. The number of carbonyl (C=O) groups excluding carboxylic acids is 4. The van der Waals surface area contributed by atoms with E-state index in [1.54, 1.807) is 0 Å². The van der Waals surface area contributed by atoms with E-state index in [4.69, 9.17) is 37.0 Å². The van der Waals surface area contributed by atoms with Crippen molar-refractivity contribution in [3.05, 3.63) is 0 Å². The predicted octanol–water partition coefficient (Wildman–Crippen LogP) is 21.4. The Morgan fingerprint density at radius 1 is 0.312 bits per heavy atom. The van der Waals surface area contributed by atoms with Gasteiger partial charge in [0, 0.05) is 25.7 Å². The molecule has 0 aromatic heterocycles. The van der Waals surface area contributed by atoms with Gasteiger partial charge in [0.1, 0.15) is 19.3 Å². The summed E-state index contributed by atoms with van der Waals surface area (Å²) in [5.74, 6) is 0.0981. The summed E-state index contributed by atoms with van der Waals surface area (Å²) in [5.41, 5.74) is 0. The van der Waals surface area contributed by atoms with Crippen LogP contribution in [0.15, 0.2) is 0 Å². The maximum Gasteiger partial charge on any atom is 0.472 e. The molecule has 3 N–H and O–H groups in total. The predicted molar refractivity (Wildman–Crippen MR) is 377 cm³/mol. The number of unbranched alkanes of at least 4 members (excludes halogenated alkanes) is 39. The molecule has 0 aromatic rings. The summed E-state index contributed by atoms with van der Waals surface area (Å²) in [6, 6.07) is 0. The van der Waals surface area contributed by atoms with E-state index in [-0.39, 0.29) is 25.7 Å². The molecule has 3 unspecified atom stereocenters. The first-order chi connectivity index (χ1) is 44.8. The topological polar surface area (TPSA) is 237 Å². The van der Waals surface area contributed by atoms with Gasteiger partial charge in [-0.25, -0.2) is 9.13 Å². The Hall–Kier alpha value is -1.94. The molecule has 0 aliphatic heterocycles. The Kier molecular flexibility index (Phi) is 63.4. The number of phosphoric ester groups is 2. The van der Waals surface area contributed by atoms with E-state index in [1.165, 1.54) is 186 Å². The van der Waals surface area contributed by atoms with Crippen molar-refractivity contribution in [2.45, 2.75) is 394 Å². The first-order valence-corrected chi connectivity index (χ1v) is 41.4. The Labute approximate surface area is 568 Å². The normalized spacial score (nSPS) is 14.4. The van der Waals surface area contributed by atoms with Crippen LogP contribution in [0.1, 0.15) is 376 Å². The molecule has 0 radical (unpaired) electrons. The monoisotopic (exact) mass is 1370 g/mol. The fraction of sp³-hybridized carbons (Fsp3) is 0.946.